The summed E-state index contributed by atoms with van der Waals surface area (Å²) in [5.41, 5.74) is 1.81. The fraction of sp³-hybridized carbons (Fsp3) is 0.364. The van der Waals surface area contributed by atoms with Crippen LogP contribution in [0.2, 0.25) is 0 Å². The molecule has 2 aliphatic rings. The van der Waals surface area contributed by atoms with Crippen LogP contribution in [0.5, 0.6) is 5.75 Å². The zero-order chi connectivity index (χ0) is 18.5. The van der Waals surface area contributed by atoms with Crippen molar-refractivity contribution in [2.45, 2.75) is 19.3 Å². The Labute approximate surface area is 160 Å². The molecule has 0 radical (unpaired) electrons. The quantitative estimate of drug-likeness (QED) is 0.813. The van der Waals surface area contributed by atoms with E-state index in [1.54, 1.807) is 6.20 Å². The van der Waals surface area contributed by atoms with Gasteiger partial charge in [-0.2, -0.15) is 0 Å². The van der Waals surface area contributed by atoms with Gasteiger partial charge in [0.25, 0.3) is 0 Å². The third kappa shape index (κ3) is 4.48. The summed E-state index contributed by atoms with van der Waals surface area (Å²) in [6.07, 6.45) is 9.24. The van der Waals surface area contributed by atoms with Crippen LogP contribution in [0.15, 0.2) is 60.8 Å². The first kappa shape index (κ1) is 17.6. The molecule has 0 bridgehead atoms. The number of ether oxygens (including phenoxy) is 1. The van der Waals surface area contributed by atoms with E-state index < -0.39 is 0 Å². The van der Waals surface area contributed by atoms with E-state index in [0.29, 0.717) is 18.4 Å². The van der Waals surface area contributed by atoms with E-state index in [2.05, 4.69) is 22.5 Å². The highest BCUT2D eigenvalue weighted by Gasteiger charge is 2.35. The Morgan fingerprint density at radius 2 is 1.81 bits per heavy atom. The Hall–Kier alpha value is -2.82. The molecule has 1 aromatic carbocycles. The van der Waals surface area contributed by atoms with Gasteiger partial charge in [0.15, 0.2) is 0 Å². The van der Waals surface area contributed by atoms with Crippen molar-refractivity contribution in [1.82, 2.24) is 9.88 Å². The zero-order valence-corrected chi connectivity index (χ0v) is 15.4. The van der Waals surface area contributed by atoms with E-state index in [0.717, 1.165) is 49.5 Å². The van der Waals surface area contributed by atoms with Crippen molar-refractivity contribution in [3.05, 3.63) is 66.5 Å². The topological polar surface area (TPSA) is 54.5 Å². The predicted octanol–water partition coefficient (Wildman–Crippen LogP) is 4.13. The molecule has 1 saturated heterocycles. The van der Waals surface area contributed by atoms with Gasteiger partial charge in [-0.25, -0.2) is 4.79 Å². The molecular weight excluding hydrogens is 338 g/mol. The second kappa shape index (κ2) is 8.25. The minimum absolute atomic E-state index is 0.00628. The molecule has 1 aromatic heterocycles. The maximum Gasteiger partial charge on any atom is 0.321 e. The van der Waals surface area contributed by atoms with E-state index in [-0.39, 0.29) is 6.03 Å². The normalized spacial score (nSPS) is 21.0. The second-order valence-electron chi connectivity index (χ2n) is 7.24. The SMILES string of the molecule is O=C(Nc1ccc(OCCc2ccccn2)cc1)N1C[C@H]2CC=CC[C@H]2C1. The first-order chi connectivity index (χ1) is 13.3. The molecule has 0 unspecified atom stereocenters. The Morgan fingerprint density at radius 3 is 2.48 bits per heavy atom. The fourth-order valence-corrected chi connectivity index (χ4v) is 3.84. The first-order valence-corrected chi connectivity index (χ1v) is 9.61. The van der Waals surface area contributed by atoms with Crippen molar-refractivity contribution in [3.63, 3.8) is 0 Å². The summed E-state index contributed by atoms with van der Waals surface area (Å²) in [5, 5.41) is 3.00. The highest BCUT2D eigenvalue weighted by molar-refractivity contribution is 5.89. The number of nitrogens with one attached hydrogen (secondary N) is 1. The average molecular weight is 363 g/mol. The lowest BCUT2D eigenvalue weighted by molar-refractivity contribution is 0.220. The van der Waals surface area contributed by atoms with Gasteiger partial charge in [0, 0.05) is 37.1 Å². The van der Waals surface area contributed by atoms with Gasteiger partial charge < -0.3 is 15.0 Å². The van der Waals surface area contributed by atoms with Gasteiger partial charge in [0.1, 0.15) is 5.75 Å². The highest BCUT2D eigenvalue weighted by Crippen LogP contribution is 2.33. The maximum absolute atomic E-state index is 12.5. The lowest BCUT2D eigenvalue weighted by atomic mass is 9.86. The van der Waals surface area contributed by atoms with Crippen LogP contribution < -0.4 is 10.1 Å². The number of urea groups is 1. The molecular formula is C22H25N3O2. The van der Waals surface area contributed by atoms with Crippen molar-refractivity contribution in [1.29, 1.82) is 0 Å². The van der Waals surface area contributed by atoms with Gasteiger partial charge in [-0.15, -0.1) is 0 Å². The highest BCUT2D eigenvalue weighted by atomic mass is 16.5. The number of hydrogen-bond acceptors (Lipinski definition) is 3. The smallest absolute Gasteiger partial charge is 0.321 e. The molecule has 0 spiro atoms. The molecule has 1 N–H and O–H groups in total. The maximum atomic E-state index is 12.5. The largest absolute Gasteiger partial charge is 0.493 e. The Balaban J connectivity index is 1.25. The Morgan fingerprint density at radius 1 is 1.07 bits per heavy atom. The number of benzene rings is 1. The lowest BCUT2D eigenvalue weighted by Gasteiger charge is -2.17. The molecule has 1 fully saturated rings. The third-order valence-electron chi connectivity index (χ3n) is 5.37. The van der Waals surface area contributed by atoms with Crippen LogP contribution in [0.25, 0.3) is 0 Å². The number of allylic oxidation sites excluding steroid dienone is 2. The first-order valence-electron chi connectivity index (χ1n) is 9.61. The van der Waals surface area contributed by atoms with Gasteiger partial charge >= 0.3 is 6.03 Å². The van der Waals surface area contributed by atoms with Crippen LogP contribution in [-0.4, -0.2) is 35.6 Å². The number of aromatic nitrogens is 1. The minimum atomic E-state index is -0.00628. The molecule has 27 heavy (non-hydrogen) atoms. The molecule has 4 rings (SSSR count). The molecule has 5 nitrogen and oxygen atoms in total. The van der Waals surface area contributed by atoms with Crippen LogP contribution in [0.1, 0.15) is 18.5 Å². The number of amides is 2. The number of nitrogens with zero attached hydrogens (tertiary/aromatic N) is 2. The van der Waals surface area contributed by atoms with Gasteiger partial charge in [0.2, 0.25) is 0 Å². The van der Waals surface area contributed by atoms with Crippen molar-refractivity contribution < 1.29 is 9.53 Å². The Kier molecular flexibility index (Phi) is 5.37. The molecule has 0 saturated carbocycles. The van der Waals surface area contributed by atoms with Crippen LogP contribution >= 0.6 is 0 Å². The molecule has 1 aliphatic heterocycles. The van der Waals surface area contributed by atoms with E-state index in [1.807, 2.05) is 47.4 Å². The van der Waals surface area contributed by atoms with Crippen molar-refractivity contribution in [3.8, 4) is 5.75 Å². The van der Waals surface area contributed by atoms with Crippen molar-refractivity contribution >= 4 is 11.7 Å². The van der Waals surface area contributed by atoms with Gasteiger partial charge in [-0.1, -0.05) is 18.2 Å². The summed E-state index contributed by atoms with van der Waals surface area (Å²) < 4.78 is 5.76. The molecule has 2 atom stereocenters. The number of hydrogen-bond donors (Lipinski definition) is 1. The molecule has 5 heteroatoms. The molecule has 2 heterocycles. The van der Waals surface area contributed by atoms with Crippen molar-refractivity contribution in [2.24, 2.45) is 11.8 Å². The van der Waals surface area contributed by atoms with Crippen LogP contribution in [0.4, 0.5) is 10.5 Å². The van der Waals surface area contributed by atoms with Gasteiger partial charge in [0.05, 0.1) is 6.61 Å². The van der Waals surface area contributed by atoms with E-state index >= 15 is 0 Å². The number of anilines is 1. The molecule has 1 aliphatic carbocycles. The number of carbonyl (C=O) groups is 1. The summed E-state index contributed by atoms with van der Waals surface area (Å²) in [5.74, 6) is 2.04. The van der Waals surface area contributed by atoms with Gasteiger partial charge in [-0.05, 0) is 61.1 Å². The van der Waals surface area contributed by atoms with E-state index in [9.17, 15) is 4.79 Å². The molecule has 2 amide bonds. The summed E-state index contributed by atoms with van der Waals surface area (Å²) in [4.78, 5) is 18.8. The van der Waals surface area contributed by atoms with Crippen LogP contribution in [0, 0.1) is 11.8 Å². The number of carbonyl (C=O) groups excluding carboxylic acids is 1. The van der Waals surface area contributed by atoms with E-state index in [1.165, 1.54) is 0 Å². The minimum Gasteiger partial charge on any atom is -0.493 e. The molecule has 2 aromatic rings. The summed E-state index contributed by atoms with van der Waals surface area (Å²) >= 11 is 0. The summed E-state index contributed by atoms with van der Waals surface area (Å²) in [7, 11) is 0. The second-order valence-corrected chi connectivity index (χ2v) is 7.24. The molecule has 140 valence electrons. The fourth-order valence-electron chi connectivity index (χ4n) is 3.84. The lowest BCUT2D eigenvalue weighted by Crippen LogP contribution is -2.33. The van der Waals surface area contributed by atoms with Crippen LogP contribution in [0.3, 0.4) is 0 Å². The van der Waals surface area contributed by atoms with Crippen LogP contribution in [-0.2, 0) is 6.42 Å². The number of fused-ring (bicyclic) bond motifs is 1. The Bertz CT molecular complexity index is 773. The number of likely N-dealkylation sites (tertiary alicyclic amines) is 1. The monoisotopic (exact) mass is 363 g/mol. The van der Waals surface area contributed by atoms with Crippen molar-refractivity contribution in [2.75, 3.05) is 25.0 Å². The summed E-state index contributed by atoms with van der Waals surface area (Å²) in [6.45, 7) is 2.29. The zero-order valence-electron chi connectivity index (χ0n) is 15.4. The number of pyridine rings is 1. The number of rotatable bonds is 5. The van der Waals surface area contributed by atoms with Gasteiger partial charge in [-0.3, -0.25) is 4.98 Å². The van der Waals surface area contributed by atoms with E-state index in [4.69, 9.17) is 4.74 Å². The third-order valence-corrected chi connectivity index (χ3v) is 5.37. The standard InChI is InChI=1S/C22H25N3O2/c26-22(25-15-17-5-1-2-6-18(17)16-25)24-20-8-10-21(11-9-20)27-14-12-19-7-3-4-13-23-19/h1-4,7-11,13,17-18H,5-6,12,14-16H2,(H,24,26)/t17-,18+. The summed E-state index contributed by atoms with van der Waals surface area (Å²) in [6, 6.07) is 13.4. The average Bonchev–Trinajstić information content (AvgIpc) is 3.15. The predicted molar refractivity (Wildman–Crippen MR) is 106 cm³/mol.